The zero-order chi connectivity index (χ0) is 22.8. The highest BCUT2D eigenvalue weighted by Gasteiger charge is 2.14. The number of ether oxygens (including phenoxy) is 3. The van der Waals surface area contributed by atoms with E-state index >= 15 is 0 Å². The molecular formula is C27H34O4. The van der Waals surface area contributed by atoms with E-state index in [1.54, 1.807) is 36.4 Å². The molecule has 0 aliphatic carbocycles. The van der Waals surface area contributed by atoms with Crippen LogP contribution in [0.15, 0.2) is 55.1 Å². The Bertz CT molecular complexity index is 892. The Kier molecular flexibility index (Phi) is 9.39. The topological polar surface area (TPSA) is 44.8 Å². The summed E-state index contributed by atoms with van der Waals surface area (Å²) < 4.78 is 17.5. The van der Waals surface area contributed by atoms with Gasteiger partial charge in [0, 0.05) is 17.2 Å². The van der Waals surface area contributed by atoms with Gasteiger partial charge in [-0.1, -0.05) is 32.1 Å². The smallest absolute Gasteiger partial charge is 0.185 e. The number of carbonyl (C=O) groups excluding carboxylic acids is 1. The second kappa shape index (κ2) is 12.0. The Labute approximate surface area is 186 Å². The van der Waals surface area contributed by atoms with E-state index < -0.39 is 0 Å². The molecule has 0 unspecified atom stereocenters. The molecule has 4 nitrogen and oxygen atoms in total. The number of hydrogen-bond donors (Lipinski definition) is 0. The van der Waals surface area contributed by atoms with Gasteiger partial charge in [0.15, 0.2) is 5.78 Å². The summed E-state index contributed by atoms with van der Waals surface area (Å²) >= 11 is 0. The molecule has 0 heterocycles. The van der Waals surface area contributed by atoms with Gasteiger partial charge in [-0.25, -0.2) is 0 Å². The number of hydrogen-bond acceptors (Lipinski definition) is 4. The van der Waals surface area contributed by atoms with Crippen molar-refractivity contribution in [2.75, 3.05) is 6.61 Å². The van der Waals surface area contributed by atoms with Crippen LogP contribution < -0.4 is 14.2 Å². The highest BCUT2D eigenvalue weighted by molar-refractivity contribution is 6.07. The van der Waals surface area contributed by atoms with Gasteiger partial charge in [-0.15, -0.1) is 0 Å². The lowest BCUT2D eigenvalue weighted by molar-refractivity contribution is 0.104. The van der Waals surface area contributed by atoms with E-state index in [0.29, 0.717) is 17.9 Å². The molecule has 0 spiro atoms. The van der Waals surface area contributed by atoms with E-state index in [1.165, 1.54) is 0 Å². The van der Waals surface area contributed by atoms with Gasteiger partial charge >= 0.3 is 0 Å². The number of benzene rings is 2. The second-order valence-electron chi connectivity index (χ2n) is 7.89. The SMILES string of the molecule is C=CCOc1ccc(C(=O)/C=C/c2cc(OC(C)C)cc(OC(C)C)c2CCC)cc1. The van der Waals surface area contributed by atoms with Crippen molar-refractivity contribution in [3.8, 4) is 17.2 Å². The number of ketones is 1. The van der Waals surface area contributed by atoms with Crippen molar-refractivity contribution < 1.29 is 19.0 Å². The quantitative estimate of drug-likeness (QED) is 0.218. The lowest BCUT2D eigenvalue weighted by Gasteiger charge is -2.19. The Hall–Kier alpha value is -3.01. The highest BCUT2D eigenvalue weighted by atomic mass is 16.5. The van der Waals surface area contributed by atoms with Gasteiger partial charge in [-0.2, -0.15) is 0 Å². The summed E-state index contributed by atoms with van der Waals surface area (Å²) in [6.07, 6.45) is 7.06. The molecule has 2 rings (SSSR count). The van der Waals surface area contributed by atoms with Crippen molar-refractivity contribution in [2.45, 2.75) is 59.7 Å². The summed E-state index contributed by atoms with van der Waals surface area (Å²) in [5.74, 6) is 2.19. The van der Waals surface area contributed by atoms with E-state index in [9.17, 15) is 4.79 Å². The van der Waals surface area contributed by atoms with Crippen molar-refractivity contribution in [1.82, 2.24) is 0 Å². The summed E-state index contributed by atoms with van der Waals surface area (Å²) in [4.78, 5) is 12.7. The fraction of sp³-hybridized carbons (Fsp3) is 0.370. The maximum absolute atomic E-state index is 12.7. The van der Waals surface area contributed by atoms with Crippen molar-refractivity contribution >= 4 is 11.9 Å². The molecule has 31 heavy (non-hydrogen) atoms. The average molecular weight is 423 g/mol. The summed E-state index contributed by atoms with van der Waals surface area (Å²) in [5, 5.41) is 0. The highest BCUT2D eigenvalue weighted by Crippen LogP contribution is 2.32. The largest absolute Gasteiger partial charge is 0.491 e. The van der Waals surface area contributed by atoms with E-state index in [2.05, 4.69) is 13.5 Å². The molecule has 4 heteroatoms. The summed E-state index contributed by atoms with van der Waals surface area (Å²) in [6.45, 7) is 14.2. The van der Waals surface area contributed by atoms with Crippen LogP contribution in [0.3, 0.4) is 0 Å². The summed E-state index contributed by atoms with van der Waals surface area (Å²) in [6, 6.07) is 11.0. The Morgan fingerprint density at radius 1 is 1.00 bits per heavy atom. The standard InChI is InChI=1S/C27H34O4/c1-7-9-25-22(17-24(30-19(3)4)18-27(25)31-20(5)6)12-15-26(28)21-10-13-23(14-11-21)29-16-8-2/h8,10-15,17-20H,2,7,9,16H2,1,3-6H3/b15-12+. The number of allylic oxidation sites excluding steroid dienone is 1. The van der Waals surface area contributed by atoms with E-state index in [0.717, 1.165) is 35.5 Å². The molecule has 0 saturated carbocycles. The first kappa shape index (κ1) is 24.3. The summed E-state index contributed by atoms with van der Waals surface area (Å²) in [7, 11) is 0. The number of rotatable bonds is 12. The third kappa shape index (κ3) is 7.63. The monoisotopic (exact) mass is 422 g/mol. The predicted octanol–water partition coefficient (Wildman–Crippen LogP) is 6.67. The average Bonchev–Trinajstić information content (AvgIpc) is 2.72. The number of carbonyl (C=O) groups is 1. The fourth-order valence-electron chi connectivity index (χ4n) is 3.14. The third-order valence-electron chi connectivity index (χ3n) is 4.37. The van der Waals surface area contributed by atoms with Crippen molar-refractivity contribution in [3.63, 3.8) is 0 Å². The van der Waals surface area contributed by atoms with Crippen LogP contribution >= 0.6 is 0 Å². The van der Waals surface area contributed by atoms with Crippen LogP contribution in [0.4, 0.5) is 0 Å². The Balaban J connectivity index is 2.34. The molecule has 2 aromatic carbocycles. The molecule has 0 aliphatic heterocycles. The molecule has 0 fully saturated rings. The van der Waals surface area contributed by atoms with Crippen LogP contribution in [0.1, 0.15) is 62.5 Å². The van der Waals surface area contributed by atoms with E-state index in [-0.39, 0.29) is 18.0 Å². The fourth-order valence-corrected chi connectivity index (χ4v) is 3.14. The van der Waals surface area contributed by atoms with Crippen LogP contribution in [0.2, 0.25) is 0 Å². The molecule has 0 radical (unpaired) electrons. The molecule has 166 valence electrons. The van der Waals surface area contributed by atoms with Crippen LogP contribution in [0, 0.1) is 0 Å². The normalized spacial score (nSPS) is 11.2. The van der Waals surface area contributed by atoms with E-state index in [1.807, 2.05) is 45.9 Å². The van der Waals surface area contributed by atoms with Crippen molar-refractivity contribution in [1.29, 1.82) is 0 Å². The first-order chi connectivity index (χ1) is 14.8. The molecule has 0 aromatic heterocycles. The predicted molar refractivity (Wildman–Crippen MR) is 127 cm³/mol. The van der Waals surface area contributed by atoms with Gasteiger partial charge in [-0.3, -0.25) is 4.79 Å². The Morgan fingerprint density at radius 3 is 2.26 bits per heavy atom. The first-order valence-electron chi connectivity index (χ1n) is 10.9. The molecular weight excluding hydrogens is 388 g/mol. The van der Waals surface area contributed by atoms with Crippen molar-refractivity contribution in [3.05, 3.63) is 71.8 Å². The Morgan fingerprint density at radius 2 is 1.68 bits per heavy atom. The molecule has 2 aromatic rings. The minimum atomic E-state index is -0.0702. The molecule has 0 atom stereocenters. The second-order valence-corrected chi connectivity index (χ2v) is 7.89. The van der Waals surface area contributed by atoms with Gasteiger partial charge in [0.2, 0.25) is 0 Å². The van der Waals surface area contributed by atoms with Crippen LogP contribution in [0.25, 0.3) is 6.08 Å². The third-order valence-corrected chi connectivity index (χ3v) is 4.37. The van der Waals surface area contributed by atoms with Gasteiger partial charge in [0.25, 0.3) is 0 Å². The lowest BCUT2D eigenvalue weighted by atomic mass is 9.99. The maximum Gasteiger partial charge on any atom is 0.185 e. The van der Waals surface area contributed by atoms with Gasteiger partial charge < -0.3 is 14.2 Å². The minimum absolute atomic E-state index is 0.0456. The van der Waals surface area contributed by atoms with Crippen LogP contribution in [-0.2, 0) is 6.42 Å². The van der Waals surface area contributed by atoms with Gasteiger partial charge in [-0.05, 0) is 76.1 Å². The minimum Gasteiger partial charge on any atom is -0.491 e. The lowest BCUT2D eigenvalue weighted by Crippen LogP contribution is -2.10. The molecule has 0 amide bonds. The maximum atomic E-state index is 12.7. The summed E-state index contributed by atoms with van der Waals surface area (Å²) in [5.41, 5.74) is 2.63. The van der Waals surface area contributed by atoms with Crippen molar-refractivity contribution in [2.24, 2.45) is 0 Å². The van der Waals surface area contributed by atoms with Gasteiger partial charge in [0.05, 0.1) is 12.2 Å². The van der Waals surface area contributed by atoms with Crippen LogP contribution in [-0.4, -0.2) is 24.6 Å². The zero-order valence-corrected chi connectivity index (χ0v) is 19.3. The zero-order valence-electron chi connectivity index (χ0n) is 19.3. The van der Waals surface area contributed by atoms with E-state index in [4.69, 9.17) is 14.2 Å². The first-order valence-corrected chi connectivity index (χ1v) is 10.9. The molecule has 0 N–H and O–H groups in total. The van der Waals surface area contributed by atoms with Gasteiger partial charge in [0.1, 0.15) is 23.9 Å². The molecule has 0 aliphatic rings. The molecule has 0 saturated heterocycles. The molecule has 0 bridgehead atoms. The van der Waals surface area contributed by atoms with Crippen LogP contribution in [0.5, 0.6) is 17.2 Å².